The van der Waals surface area contributed by atoms with Crippen molar-refractivity contribution >= 4 is 0 Å². The summed E-state index contributed by atoms with van der Waals surface area (Å²) in [7, 11) is 0. The lowest BCUT2D eigenvalue weighted by molar-refractivity contribution is 0.0747. The number of aliphatic hydroxyl groups excluding tert-OH is 1. The van der Waals surface area contributed by atoms with E-state index in [-0.39, 0.29) is 6.10 Å². The van der Waals surface area contributed by atoms with Crippen LogP contribution in [0.2, 0.25) is 0 Å². The molecule has 21 heavy (non-hydrogen) atoms. The van der Waals surface area contributed by atoms with Gasteiger partial charge in [-0.3, -0.25) is 0 Å². The van der Waals surface area contributed by atoms with E-state index in [1.807, 2.05) is 0 Å². The van der Waals surface area contributed by atoms with Gasteiger partial charge in [-0.25, -0.2) is 0 Å². The third-order valence-corrected chi connectivity index (χ3v) is 5.71. The first-order chi connectivity index (χ1) is 10.3. The van der Waals surface area contributed by atoms with Gasteiger partial charge in [-0.05, 0) is 61.5 Å². The van der Waals surface area contributed by atoms with Crippen molar-refractivity contribution in [2.45, 2.75) is 82.7 Å². The van der Waals surface area contributed by atoms with Gasteiger partial charge >= 0.3 is 0 Å². The van der Waals surface area contributed by atoms with E-state index >= 15 is 0 Å². The first kappa shape index (κ1) is 15.1. The van der Waals surface area contributed by atoms with E-state index in [1.54, 1.807) is 0 Å². The van der Waals surface area contributed by atoms with Gasteiger partial charge in [-0.2, -0.15) is 0 Å². The van der Waals surface area contributed by atoms with Crippen LogP contribution in [0.4, 0.5) is 0 Å². The molecule has 0 spiro atoms. The van der Waals surface area contributed by atoms with Crippen molar-refractivity contribution in [3.8, 4) is 0 Å². The molecule has 3 rings (SSSR count). The molecule has 1 N–H and O–H groups in total. The molecule has 1 nitrogen and oxygen atoms in total. The Morgan fingerprint density at radius 3 is 2.43 bits per heavy atom. The predicted molar refractivity (Wildman–Crippen MR) is 88.6 cm³/mol. The van der Waals surface area contributed by atoms with Crippen molar-refractivity contribution in [2.24, 2.45) is 5.92 Å². The van der Waals surface area contributed by atoms with Crippen LogP contribution in [0.5, 0.6) is 0 Å². The lowest BCUT2D eigenvalue weighted by Crippen LogP contribution is -2.25. The molecule has 0 radical (unpaired) electrons. The Morgan fingerprint density at radius 1 is 0.905 bits per heavy atom. The van der Waals surface area contributed by atoms with Crippen molar-refractivity contribution in [3.63, 3.8) is 0 Å². The van der Waals surface area contributed by atoms with Gasteiger partial charge in [0.15, 0.2) is 0 Å². The van der Waals surface area contributed by atoms with Crippen molar-refractivity contribution in [3.05, 3.63) is 35.4 Å². The fraction of sp³-hybridized carbons (Fsp3) is 0.700. The predicted octanol–water partition coefficient (Wildman–Crippen LogP) is 5.22. The van der Waals surface area contributed by atoms with Crippen molar-refractivity contribution in [1.82, 2.24) is 0 Å². The molecule has 1 aromatic rings. The number of fused-ring (bicyclic) bond motifs is 1. The molecule has 2 unspecified atom stereocenters. The van der Waals surface area contributed by atoms with E-state index in [2.05, 4.69) is 24.3 Å². The number of aliphatic hydroxyl groups is 1. The average Bonchev–Trinajstić information content (AvgIpc) is 2.47. The van der Waals surface area contributed by atoms with Crippen LogP contribution >= 0.6 is 0 Å². The molecule has 2 atom stereocenters. The van der Waals surface area contributed by atoms with Crippen molar-refractivity contribution < 1.29 is 5.11 Å². The third kappa shape index (κ3) is 3.88. The highest BCUT2D eigenvalue weighted by atomic mass is 16.3. The van der Waals surface area contributed by atoms with E-state index in [1.165, 1.54) is 75.3 Å². The van der Waals surface area contributed by atoms with Crippen LogP contribution < -0.4 is 0 Å². The standard InChI is InChI=1S/C20H30O/c21-20(17-10-4-2-1-3-5-11-17)15-18-13-8-12-16-9-6-7-14-19(16)18/h6-7,9,14,17-18,20-21H,1-5,8,10-13,15H2. The molecule has 1 heteroatoms. The van der Waals surface area contributed by atoms with Gasteiger partial charge in [0.1, 0.15) is 0 Å². The molecule has 1 fully saturated rings. The lowest BCUT2D eigenvalue weighted by atomic mass is 9.76. The topological polar surface area (TPSA) is 20.2 Å². The summed E-state index contributed by atoms with van der Waals surface area (Å²) in [4.78, 5) is 0. The maximum Gasteiger partial charge on any atom is 0.0574 e. The van der Waals surface area contributed by atoms with Gasteiger partial charge in [0.25, 0.3) is 0 Å². The zero-order valence-electron chi connectivity index (χ0n) is 13.3. The summed E-state index contributed by atoms with van der Waals surface area (Å²) in [5.41, 5.74) is 3.05. The summed E-state index contributed by atoms with van der Waals surface area (Å²) in [5.74, 6) is 1.15. The van der Waals surface area contributed by atoms with Crippen LogP contribution in [-0.4, -0.2) is 11.2 Å². The molecule has 0 heterocycles. The Hall–Kier alpha value is -0.820. The number of hydrogen-bond donors (Lipinski definition) is 1. The zero-order chi connectivity index (χ0) is 14.5. The van der Waals surface area contributed by atoms with Crippen LogP contribution in [0.25, 0.3) is 0 Å². The number of rotatable bonds is 3. The fourth-order valence-electron chi connectivity index (χ4n) is 4.46. The molecule has 0 aromatic heterocycles. The number of hydrogen-bond acceptors (Lipinski definition) is 1. The van der Waals surface area contributed by atoms with Gasteiger partial charge in [-0.15, -0.1) is 0 Å². The smallest absolute Gasteiger partial charge is 0.0574 e. The van der Waals surface area contributed by atoms with E-state index in [0.717, 1.165) is 6.42 Å². The Bertz CT molecular complexity index is 431. The second-order valence-electron chi connectivity index (χ2n) is 7.20. The molecule has 1 aromatic carbocycles. The highest BCUT2D eigenvalue weighted by molar-refractivity contribution is 5.32. The molecule has 2 aliphatic carbocycles. The summed E-state index contributed by atoms with van der Waals surface area (Å²) < 4.78 is 0. The maximum absolute atomic E-state index is 10.8. The molecular weight excluding hydrogens is 256 g/mol. The summed E-state index contributed by atoms with van der Waals surface area (Å²) >= 11 is 0. The maximum atomic E-state index is 10.8. The molecule has 2 aliphatic rings. The average molecular weight is 286 g/mol. The van der Waals surface area contributed by atoms with E-state index in [9.17, 15) is 5.11 Å². The Morgan fingerprint density at radius 2 is 1.62 bits per heavy atom. The molecular formula is C20H30O. The van der Waals surface area contributed by atoms with Crippen LogP contribution in [-0.2, 0) is 6.42 Å². The Balaban J connectivity index is 1.63. The number of benzene rings is 1. The van der Waals surface area contributed by atoms with Crippen LogP contribution in [0.15, 0.2) is 24.3 Å². The zero-order valence-corrected chi connectivity index (χ0v) is 13.3. The highest BCUT2D eigenvalue weighted by Crippen LogP contribution is 2.37. The van der Waals surface area contributed by atoms with Gasteiger partial charge in [-0.1, -0.05) is 56.4 Å². The summed E-state index contributed by atoms with van der Waals surface area (Å²) in [6.07, 6.45) is 14.0. The second kappa shape index (κ2) is 7.45. The molecule has 0 bridgehead atoms. The molecule has 0 saturated heterocycles. The van der Waals surface area contributed by atoms with Gasteiger partial charge in [0, 0.05) is 0 Å². The summed E-state index contributed by atoms with van der Waals surface area (Å²) in [6, 6.07) is 8.90. The van der Waals surface area contributed by atoms with Crippen LogP contribution in [0, 0.1) is 5.92 Å². The van der Waals surface area contributed by atoms with Gasteiger partial charge in [0.2, 0.25) is 0 Å². The molecule has 116 valence electrons. The van der Waals surface area contributed by atoms with Crippen LogP contribution in [0.1, 0.15) is 81.3 Å². The minimum Gasteiger partial charge on any atom is -0.393 e. The third-order valence-electron chi connectivity index (χ3n) is 5.71. The minimum atomic E-state index is -0.0840. The summed E-state index contributed by atoms with van der Waals surface area (Å²) in [5, 5.41) is 10.8. The lowest BCUT2D eigenvalue weighted by Gasteiger charge is -2.31. The molecule has 0 amide bonds. The van der Waals surface area contributed by atoms with Gasteiger partial charge < -0.3 is 5.11 Å². The minimum absolute atomic E-state index is 0.0840. The number of aryl methyl sites for hydroxylation is 1. The van der Waals surface area contributed by atoms with Crippen LogP contribution in [0.3, 0.4) is 0 Å². The van der Waals surface area contributed by atoms with Gasteiger partial charge in [0.05, 0.1) is 6.10 Å². The fourth-order valence-corrected chi connectivity index (χ4v) is 4.46. The van der Waals surface area contributed by atoms with E-state index in [0.29, 0.717) is 11.8 Å². The Kier molecular flexibility index (Phi) is 5.35. The van der Waals surface area contributed by atoms with Crippen molar-refractivity contribution in [2.75, 3.05) is 0 Å². The highest BCUT2D eigenvalue weighted by Gasteiger charge is 2.26. The monoisotopic (exact) mass is 286 g/mol. The van der Waals surface area contributed by atoms with E-state index < -0.39 is 0 Å². The first-order valence-corrected chi connectivity index (χ1v) is 9.10. The molecule has 1 saturated carbocycles. The quantitative estimate of drug-likeness (QED) is 0.808. The SMILES string of the molecule is OC(CC1CCCc2ccccc21)C1CCCCCCC1. The molecule has 0 aliphatic heterocycles. The normalized spacial score (nSPS) is 25.7. The largest absolute Gasteiger partial charge is 0.393 e. The summed E-state index contributed by atoms with van der Waals surface area (Å²) in [6.45, 7) is 0. The van der Waals surface area contributed by atoms with Crippen molar-refractivity contribution in [1.29, 1.82) is 0 Å². The second-order valence-corrected chi connectivity index (χ2v) is 7.20. The first-order valence-electron chi connectivity index (χ1n) is 9.10. The Labute approximate surface area is 129 Å². The van der Waals surface area contributed by atoms with E-state index in [4.69, 9.17) is 0 Å².